The number of hydrogen-bond donors (Lipinski definition) is 1. The number of likely N-dealkylation sites (N-methyl/N-ethyl adjacent to an activating group) is 1. The molecular weight excluding hydrogens is 206 g/mol. The molecule has 0 aliphatic rings. The third-order valence-corrected chi connectivity index (χ3v) is 2.05. The van der Waals surface area contributed by atoms with Crippen LogP contribution in [0, 0.1) is 6.92 Å². The number of aryl methyl sites for hydroxylation is 1. The number of methoxy groups -OCH3 is 1. The summed E-state index contributed by atoms with van der Waals surface area (Å²) in [5, 5.41) is 2.66. The summed E-state index contributed by atoms with van der Waals surface area (Å²) in [5.41, 5.74) is 1.09. The summed E-state index contributed by atoms with van der Waals surface area (Å²) in [6.07, 6.45) is 0. The minimum Gasteiger partial charge on any atom is -0.493 e. The maximum absolute atomic E-state index is 11.2. The van der Waals surface area contributed by atoms with E-state index in [0.29, 0.717) is 18.0 Å². The first kappa shape index (κ1) is 12.4. The van der Waals surface area contributed by atoms with Crippen molar-refractivity contribution < 1.29 is 14.3 Å². The largest absolute Gasteiger partial charge is 0.493 e. The Morgan fingerprint density at radius 2 is 2.12 bits per heavy atom. The maximum atomic E-state index is 11.2. The number of nitrogens with one attached hydrogen (secondary N) is 1. The van der Waals surface area contributed by atoms with Crippen molar-refractivity contribution in [2.24, 2.45) is 0 Å². The van der Waals surface area contributed by atoms with Gasteiger partial charge < -0.3 is 14.8 Å². The summed E-state index contributed by atoms with van der Waals surface area (Å²) < 4.78 is 10.5. The SMILES string of the molecule is CCNC(=O)COc1ccc(C)cc1OC. The van der Waals surface area contributed by atoms with Gasteiger partial charge in [0.15, 0.2) is 18.1 Å². The molecular formula is C12H17NO3. The molecule has 1 amide bonds. The third kappa shape index (κ3) is 3.46. The zero-order valence-corrected chi connectivity index (χ0v) is 9.87. The number of hydrogen-bond acceptors (Lipinski definition) is 3. The molecule has 0 aliphatic heterocycles. The Kier molecular flexibility index (Phi) is 4.64. The summed E-state index contributed by atoms with van der Waals surface area (Å²) in [7, 11) is 1.58. The molecule has 1 N–H and O–H groups in total. The number of carbonyl (C=O) groups excluding carboxylic acids is 1. The van der Waals surface area contributed by atoms with Crippen molar-refractivity contribution in [2.45, 2.75) is 13.8 Å². The van der Waals surface area contributed by atoms with Crippen LogP contribution in [0.5, 0.6) is 11.5 Å². The monoisotopic (exact) mass is 223 g/mol. The Morgan fingerprint density at radius 3 is 2.75 bits per heavy atom. The molecule has 0 radical (unpaired) electrons. The lowest BCUT2D eigenvalue weighted by atomic mass is 10.2. The minimum atomic E-state index is -0.134. The molecule has 1 aromatic carbocycles. The van der Waals surface area contributed by atoms with E-state index >= 15 is 0 Å². The Labute approximate surface area is 95.6 Å². The van der Waals surface area contributed by atoms with E-state index in [-0.39, 0.29) is 12.5 Å². The van der Waals surface area contributed by atoms with Crippen molar-refractivity contribution in [1.82, 2.24) is 5.32 Å². The van der Waals surface area contributed by atoms with Gasteiger partial charge in [-0.3, -0.25) is 4.79 Å². The van der Waals surface area contributed by atoms with Crippen LogP contribution in [-0.2, 0) is 4.79 Å². The number of carbonyl (C=O) groups is 1. The van der Waals surface area contributed by atoms with Crippen molar-refractivity contribution in [3.63, 3.8) is 0 Å². The minimum absolute atomic E-state index is 0.00720. The van der Waals surface area contributed by atoms with Gasteiger partial charge in [-0.2, -0.15) is 0 Å². The fourth-order valence-electron chi connectivity index (χ4n) is 1.29. The standard InChI is InChI=1S/C12H17NO3/c1-4-13-12(14)8-16-10-6-5-9(2)7-11(10)15-3/h5-7H,4,8H2,1-3H3,(H,13,14). The highest BCUT2D eigenvalue weighted by molar-refractivity contribution is 5.77. The highest BCUT2D eigenvalue weighted by Gasteiger charge is 2.06. The van der Waals surface area contributed by atoms with Crippen LogP contribution in [0.4, 0.5) is 0 Å². The van der Waals surface area contributed by atoms with Crippen LogP contribution in [0.15, 0.2) is 18.2 Å². The van der Waals surface area contributed by atoms with Crippen molar-refractivity contribution in [1.29, 1.82) is 0 Å². The van der Waals surface area contributed by atoms with Crippen LogP contribution in [0.1, 0.15) is 12.5 Å². The lowest BCUT2D eigenvalue weighted by Crippen LogP contribution is -2.28. The Morgan fingerprint density at radius 1 is 1.38 bits per heavy atom. The summed E-state index contributed by atoms with van der Waals surface area (Å²) >= 11 is 0. The number of benzene rings is 1. The van der Waals surface area contributed by atoms with E-state index in [4.69, 9.17) is 9.47 Å². The fourth-order valence-corrected chi connectivity index (χ4v) is 1.29. The molecule has 1 aromatic rings. The van der Waals surface area contributed by atoms with E-state index < -0.39 is 0 Å². The van der Waals surface area contributed by atoms with Crippen LogP contribution in [-0.4, -0.2) is 26.2 Å². The van der Waals surface area contributed by atoms with Gasteiger partial charge in [-0.1, -0.05) is 6.07 Å². The molecule has 0 fully saturated rings. The highest BCUT2D eigenvalue weighted by Crippen LogP contribution is 2.27. The molecule has 16 heavy (non-hydrogen) atoms. The average molecular weight is 223 g/mol. The smallest absolute Gasteiger partial charge is 0.257 e. The van der Waals surface area contributed by atoms with Crippen molar-refractivity contribution in [3.8, 4) is 11.5 Å². The van der Waals surface area contributed by atoms with E-state index in [2.05, 4.69) is 5.32 Å². The molecule has 0 aromatic heterocycles. The molecule has 4 heteroatoms. The topological polar surface area (TPSA) is 47.6 Å². The first-order valence-corrected chi connectivity index (χ1v) is 5.21. The van der Waals surface area contributed by atoms with Crippen molar-refractivity contribution in [3.05, 3.63) is 23.8 Å². The van der Waals surface area contributed by atoms with E-state index in [9.17, 15) is 4.79 Å². The normalized spacial score (nSPS) is 9.69. The maximum Gasteiger partial charge on any atom is 0.257 e. The lowest BCUT2D eigenvalue weighted by molar-refractivity contribution is -0.123. The van der Waals surface area contributed by atoms with Gasteiger partial charge in [-0.25, -0.2) is 0 Å². The first-order chi connectivity index (χ1) is 7.67. The summed E-state index contributed by atoms with van der Waals surface area (Å²) in [6, 6.07) is 5.58. The van der Waals surface area contributed by atoms with Gasteiger partial charge in [0.05, 0.1) is 7.11 Å². The fraction of sp³-hybridized carbons (Fsp3) is 0.417. The molecule has 88 valence electrons. The van der Waals surface area contributed by atoms with Gasteiger partial charge in [0.1, 0.15) is 0 Å². The molecule has 0 spiro atoms. The average Bonchev–Trinajstić information content (AvgIpc) is 2.27. The predicted octanol–water partition coefficient (Wildman–Crippen LogP) is 1.52. The predicted molar refractivity (Wildman–Crippen MR) is 61.9 cm³/mol. The van der Waals surface area contributed by atoms with Crippen LogP contribution >= 0.6 is 0 Å². The Hall–Kier alpha value is -1.71. The Bertz CT molecular complexity index is 363. The highest BCUT2D eigenvalue weighted by atomic mass is 16.5. The molecule has 4 nitrogen and oxygen atoms in total. The van der Waals surface area contributed by atoms with Gasteiger partial charge in [0, 0.05) is 6.54 Å². The molecule has 0 atom stereocenters. The van der Waals surface area contributed by atoms with Crippen LogP contribution in [0.3, 0.4) is 0 Å². The molecule has 0 heterocycles. The second-order valence-corrected chi connectivity index (χ2v) is 3.40. The van der Waals surface area contributed by atoms with Gasteiger partial charge in [-0.05, 0) is 31.5 Å². The van der Waals surface area contributed by atoms with Gasteiger partial charge in [-0.15, -0.1) is 0 Å². The van der Waals surface area contributed by atoms with E-state index in [1.54, 1.807) is 13.2 Å². The quantitative estimate of drug-likeness (QED) is 0.823. The first-order valence-electron chi connectivity index (χ1n) is 5.21. The second kappa shape index (κ2) is 6.00. The van der Waals surface area contributed by atoms with Crippen LogP contribution in [0.25, 0.3) is 0 Å². The number of amides is 1. The zero-order chi connectivity index (χ0) is 12.0. The van der Waals surface area contributed by atoms with Gasteiger partial charge in [0.25, 0.3) is 5.91 Å². The molecule has 0 saturated carbocycles. The van der Waals surface area contributed by atoms with Gasteiger partial charge in [0.2, 0.25) is 0 Å². The summed E-state index contributed by atoms with van der Waals surface area (Å²) in [6.45, 7) is 4.45. The van der Waals surface area contributed by atoms with Crippen molar-refractivity contribution in [2.75, 3.05) is 20.3 Å². The molecule has 0 saturated heterocycles. The molecule has 0 bridgehead atoms. The summed E-state index contributed by atoms with van der Waals surface area (Å²) in [4.78, 5) is 11.2. The second-order valence-electron chi connectivity index (χ2n) is 3.40. The van der Waals surface area contributed by atoms with Crippen LogP contribution in [0.2, 0.25) is 0 Å². The van der Waals surface area contributed by atoms with E-state index in [1.807, 2.05) is 26.0 Å². The molecule has 0 unspecified atom stereocenters. The van der Waals surface area contributed by atoms with E-state index in [1.165, 1.54) is 0 Å². The van der Waals surface area contributed by atoms with Crippen LogP contribution < -0.4 is 14.8 Å². The number of ether oxygens (including phenoxy) is 2. The summed E-state index contributed by atoms with van der Waals surface area (Å²) in [5.74, 6) is 1.09. The third-order valence-electron chi connectivity index (χ3n) is 2.05. The molecule has 1 rings (SSSR count). The Balaban J connectivity index is 2.63. The lowest BCUT2D eigenvalue weighted by Gasteiger charge is -2.10. The number of rotatable bonds is 5. The van der Waals surface area contributed by atoms with Crippen molar-refractivity contribution >= 4 is 5.91 Å². The van der Waals surface area contributed by atoms with Gasteiger partial charge >= 0.3 is 0 Å². The molecule has 0 aliphatic carbocycles. The van der Waals surface area contributed by atoms with E-state index in [0.717, 1.165) is 5.56 Å². The zero-order valence-electron chi connectivity index (χ0n) is 9.87.